The van der Waals surface area contributed by atoms with Gasteiger partial charge in [0.2, 0.25) is 0 Å². The minimum Gasteiger partial charge on any atom is -0.384 e. The van der Waals surface area contributed by atoms with Crippen molar-refractivity contribution >= 4 is 11.6 Å². The van der Waals surface area contributed by atoms with Crippen LogP contribution in [0.15, 0.2) is 18.2 Å². The van der Waals surface area contributed by atoms with Gasteiger partial charge in [0.1, 0.15) is 6.10 Å². The van der Waals surface area contributed by atoms with Crippen molar-refractivity contribution in [2.45, 2.75) is 39.7 Å². The standard InChI is InChI=1S/C13H19NO2/c1-4-10-6-7-12(8-11(10)5-2)14-13(16)9(3)15/h6-9,15H,4-5H2,1-3H3,(H,14,16). The summed E-state index contributed by atoms with van der Waals surface area (Å²) < 4.78 is 0. The second-order valence-electron chi connectivity index (χ2n) is 3.86. The van der Waals surface area contributed by atoms with Crippen molar-refractivity contribution in [3.8, 4) is 0 Å². The van der Waals surface area contributed by atoms with Gasteiger partial charge in [0.25, 0.3) is 5.91 Å². The summed E-state index contributed by atoms with van der Waals surface area (Å²) in [6, 6.07) is 5.87. The molecule has 16 heavy (non-hydrogen) atoms. The predicted octanol–water partition coefficient (Wildman–Crippen LogP) is 2.13. The average Bonchev–Trinajstić information content (AvgIpc) is 2.28. The highest BCUT2D eigenvalue weighted by Gasteiger charge is 2.09. The number of benzene rings is 1. The zero-order valence-corrected chi connectivity index (χ0v) is 10.1. The first-order chi connectivity index (χ1) is 7.58. The van der Waals surface area contributed by atoms with Crippen molar-refractivity contribution in [2.24, 2.45) is 0 Å². The molecule has 0 fully saturated rings. The molecule has 0 saturated carbocycles. The third-order valence-corrected chi connectivity index (χ3v) is 2.62. The molecule has 1 amide bonds. The van der Waals surface area contributed by atoms with Gasteiger partial charge in [-0.2, -0.15) is 0 Å². The van der Waals surface area contributed by atoms with E-state index in [-0.39, 0.29) is 5.91 Å². The minimum absolute atomic E-state index is 0.369. The van der Waals surface area contributed by atoms with Gasteiger partial charge in [0.05, 0.1) is 0 Å². The topological polar surface area (TPSA) is 49.3 Å². The van der Waals surface area contributed by atoms with Crippen LogP contribution in [-0.4, -0.2) is 17.1 Å². The van der Waals surface area contributed by atoms with Crippen LogP contribution in [0.3, 0.4) is 0 Å². The second-order valence-corrected chi connectivity index (χ2v) is 3.86. The van der Waals surface area contributed by atoms with Crippen LogP contribution in [0.25, 0.3) is 0 Å². The Balaban J connectivity index is 2.87. The first-order valence-electron chi connectivity index (χ1n) is 5.69. The van der Waals surface area contributed by atoms with E-state index in [0.29, 0.717) is 0 Å². The van der Waals surface area contributed by atoms with Crippen LogP contribution in [0.2, 0.25) is 0 Å². The van der Waals surface area contributed by atoms with E-state index >= 15 is 0 Å². The Hall–Kier alpha value is -1.35. The summed E-state index contributed by atoms with van der Waals surface area (Å²) in [5, 5.41) is 11.8. The Morgan fingerprint density at radius 2 is 1.94 bits per heavy atom. The highest BCUT2D eigenvalue weighted by molar-refractivity contribution is 5.93. The molecule has 0 spiro atoms. The van der Waals surface area contributed by atoms with Crippen molar-refractivity contribution in [2.75, 3.05) is 5.32 Å². The lowest BCUT2D eigenvalue weighted by atomic mass is 10.0. The van der Waals surface area contributed by atoms with E-state index in [1.807, 2.05) is 18.2 Å². The SMILES string of the molecule is CCc1ccc(NC(=O)C(C)O)cc1CC. The van der Waals surface area contributed by atoms with Crippen molar-refractivity contribution < 1.29 is 9.90 Å². The highest BCUT2D eigenvalue weighted by Crippen LogP contribution is 2.17. The number of aliphatic hydroxyl groups is 1. The zero-order valence-electron chi connectivity index (χ0n) is 10.1. The molecule has 0 aromatic heterocycles. The average molecular weight is 221 g/mol. The molecule has 0 radical (unpaired) electrons. The second kappa shape index (κ2) is 5.66. The molecule has 1 rings (SSSR count). The fourth-order valence-electron chi connectivity index (χ4n) is 1.62. The number of hydrogen-bond donors (Lipinski definition) is 2. The molecule has 0 aliphatic rings. The highest BCUT2D eigenvalue weighted by atomic mass is 16.3. The van der Waals surface area contributed by atoms with Crippen molar-refractivity contribution in [1.82, 2.24) is 0 Å². The summed E-state index contributed by atoms with van der Waals surface area (Å²) in [6.45, 7) is 5.66. The third kappa shape index (κ3) is 3.07. The van der Waals surface area contributed by atoms with Gasteiger partial charge in [-0.3, -0.25) is 4.79 Å². The van der Waals surface area contributed by atoms with Crippen molar-refractivity contribution in [3.05, 3.63) is 29.3 Å². The lowest BCUT2D eigenvalue weighted by Crippen LogP contribution is -2.24. The fraction of sp³-hybridized carbons (Fsp3) is 0.462. The molecule has 1 atom stereocenters. The Morgan fingerprint density at radius 1 is 1.31 bits per heavy atom. The van der Waals surface area contributed by atoms with Crippen molar-refractivity contribution in [3.63, 3.8) is 0 Å². The molecule has 0 bridgehead atoms. The van der Waals surface area contributed by atoms with E-state index in [4.69, 9.17) is 5.11 Å². The summed E-state index contributed by atoms with van der Waals surface area (Å²) in [5.74, 6) is -0.369. The summed E-state index contributed by atoms with van der Waals surface area (Å²) >= 11 is 0. The van der Waals surface area contributed by atoms with Gasteiger partial charge in [-0.25, -0.2) is 0 Å². The number of carbonyl (C=O) groups excluding carboxylic acids is 1. The molecular weight excluding hydrogens is 202 g/mol. The number of amides is 1. The maximum Gasteiger partial charge on any atom is 0.252 e. The first-order valence-corrected chi connectivity index (χ1v) is 5.69. The summed E-state index contributed by atoms with van der Waals surface area (Å²) in [7, 11) is 0. The molecule has 1 aromatic rings. The van der Waals surface area contributed by atoms with E-state index < -0.39 is 6.10 Å². The van der Waals surface area contributed by atoms with Crippen LogP contribution in [0.5, 0.6) is 0 Å². The van der Waals surface area contributed by atoms with Gasteiger partial charge in [-0.1, -0.05) is 19.9 Å². The molecule has 0 heterocycles. The Bertz CT molecular complexity index is 372. The normalized spacial score (nSPS) is 12.2. The van der Waals surface area contributed by atoms with Crippen LogP contribution in [-0.2, 0) is 17.6 Å². The molecule has 3 heteroatoms. The van der Waals surface area contributed by atoms with Crippen LogP contribution in [0.4, 0.5) is 5.69 Å². The van der Waals surface area contributed by atoms with Crippen molar-refractivity contribution in [1.29, 1.82) is 0 Å². The van der Waals surface area contributed by atoms with E-state index in [1.54, 1.807) is 0 Å². The Labute approximate surface area is 96.5 Å². The molecule has 2 N–H and O–H groups in total. The maximum atomic E-state index is 11.3. The quantitative estimate of drug-likeness (QED) is 0.818. The molecule has 0 aliphatic carbocycles. The van der Waals surface area contributed by atoms with Gasteiger partial charge in [0.15, 0.2) is 0 Å². The third-order valence-electron chi connectivity index (χ3n) is 2.62. The number of rotatable bonds is 4. The molecule has 0 saturated heterocycles. The zero-order chi connectivity index (χ0) is 12.1. The van der Waals surface area contributed by atoms with Gasteiger partial charge in [0, 0.05) is 5.69 Å². The molecule has 1 unspecified atom stereocenters. The molecule has 88 valence electrons. The first kappa shape index (κ1) is 12.7. The summed E-state index contributed by atoms with van der Waals surface area (Å²) in [5.41, 5.74) is 3.29. The molecular formula is C13H19NO2. The van der Waals surface area contributed by atoms with E-state index in [9.17, 15) is 4.79 Å². The monoisotopic (exact) mass is 221 g/mol. The lowest BCUT2D eigenvalue weighted by molar-refractivity contribution is -0.123. The minimum atomic E-state index is -0.976. The van der Waals surface area contributed by atoms with Crippen LogP contribution < -0.4 is 5.32 Å². The number of hydrogen-bond acceptors (Lipinski definition) is 2. The molecule has 1 aromatic carbocycles. The van der Waals surface area contributed by atoms with E-state index in [1.165, 1.54) is 18.1 Å². The largest absolute Gasteiger partial charge is 0.384 e. The predicted molar refractivity (Wildman–Crippen MR) is 65.5 cm³/mol. The number of anilines is 1. The van der Waals surface area contributed by atoms with Crippen LogP contribution in [0.1, 0.15) is 31.9 Å². The Morgan fingerprint density at radius 3 is 2.44 bits per heavy atom. The maximum absolute atomic E-state index is 11.3. The lowest BCUT2D eigenvalue weighted by Gasteiger charge is -2.11. The summed E-state index contributed by atoms with van der Waals surface area (Å²) in [6.07, 6.45) is 0.964. The summed E-state index contributed by atoms with van der Waals surface area (Å²) in [4.78, 5) is 11.3. The number of nitrogens with one attached hydrogen (secondary N) is 1. The number of carbonyl (C=O) groups is 1. The molecule has 0 aliphatic heterocycles. The number of aryl methyl sites for hydroxylation is 2. The van der Waals surface area contributed by atoms with Gasteiger partial charge < -0.3 is 10.4 Å². The molecule has 3 nitrogen and oxygen atoms in total. The van der Waals surface area contributed by atoms with E-state index in [0.717, 1.165) is 18.5 Å². The van der Waals surface area contributed by atoms with Crippen LogP contribution in [0, 0.1) is 0 Å². The fourth-order valence-corrected chi connectivity index (χ4v) is 1.62. The van der Waals surface area contributed by atoms with Gasteiger partial charge in [-0.05, 0) is 43.0 Å². The van der Waals surface area contributed by atoms with E-state index in [2.05, 4.69) is 19.2 Å². The Kier molecular flexibility index (Phi) is 4.50. The van der Waals surface area contributed by atoms with Gasteiger partial charge in [-0.15, -0.1) is 0 Å². The smallest absolute Gasteiger partial charge is 0.252 e. The number of aliphatic hydroxyl groups excluding tert-OH is 1. The van der Waals surface area contributed by atoms with Crippen LogP contribution >= 0.6 is 0 Å². The van der Waals surface area contributed by atoms with Gasteiger partial charge >= 0.3 is 0 Å².